The van der Waals surface area contributed by atoms with E-state index in [2.05, 4.69) is 152 Å². The average molecular weight is 560 g/mol. The first-order chi connectivity index (χ1) is 21.8. The first-order valence-electron chi connectivity index (χ1n) is 15.1. The molecule has 2 aliphatic carbocycles. The molecule has 0 radical (unpaired) electrons. The van der Waals surface area contributed by atoms with Gasteiger partial charge in [0.05, 0.1) is 16.6 Å². The lowest BCUT2D eigenvalue weighted by Crippen LogP contribution is -2.25. The van der Waals surface area contributed by atoms with Gasteiger partial charge in [-0.1, -0.05) is 115 Å². The van der Waals surface area contributed by atoms with Gasteiger partial charge in [-0.25, -0.2) is 4.98 Å². The normalized spacial score (nSPS) is 13.6. The minimum Gasteiger partial charge on any atom is -0.456 e. The lowest BCUT2D eigenvalue weighted by atomic mass is 9.70. The second kappa shape index (κ2) is 8.65. The largest absolute Gasteiger partial charge is 0.456 e. The molecule has 2 aromatic heterocycles. The zero-order valence-electron chi connectivity index (χ0n) is 23.8. The second-order valence-corrected chi connectivity index (χ2v) is 11.9. The maximum Gasteiger partial charge on any atom is 0.140 e. The molecule has 204 valence electrons. The predicted molar refractivity (Wildman–Crippen MR) is 179 cm³/mol. The predicted octanol–water partition coefficient (Wildman–Crippen LogP) is 10.7. The van der Waals surface area contributed by atoms with Crippen LogP contribution in [0.4, 0.5) is 0 Å². The Labute approximate surface area is 254 Å². The Balaban J connectivity index is 1.20. The summed E-state index contributed by atoms with van der Waals surface area (Å²) in [5, 5.41) is 2.27. The van der Waals surface area contributed by atoms with Crippen molar-refractivity contribution in [2.24, 2.45) is 0 Å². The van der Waals surface area contributed by atoms with Crippen LogP contribution >= 0.6 is 0 Å². The van der Waals surface area contributed by atoms with Crippen molar-refractivity contribution in [2.75, 3.05) is 0 Å². The van der Waals surface area contributed by atoms with Crippen LogP contribution < -0.4 is 0 Å². The summed E-state index contributed by atoms with van der Waals surface area (Å²) in [4.78, 5) is 5.13. The van der Waals surface area contributed by atoms with E-state index < -0.39 is 5.41 Å². The molecule has 0 saturated carbocycles. The van der Waals surface area contributed by atoms with Crippen molar-refractivity contribution < 1.29 is 4.42 Å². The molecule has 0 amide bonds. The van der Waals surface area contributed by atoms with E-state index in [0.29, 0.717) is 0 Å². The molecule has 10 rings (SSSR count). The summed E-state index contributed by atoms with van der Waals surface area (Å²) in [6.07, 6.45) is 0. The minimum atomic E-state index is -0.437. The Morgan fingerprint density at radius 3 is 1.86 bits per heavy atom. The van der Waals surface area contributed by atoms with Crippen LogP contribution in [0.1, 0.15) is 22.3 Å². The molecule has 8 aromatic rings. The second-order valence-electron chi connectivity index (χ2n) is 11.9. The van der Waals surface area contributed by atoms with E-state index in [-0.39, 0.29) is 0 Å². The van der Waals surface area contributed by atoms with E-state index in [4.69, 9.17) is 9.40 Å². The van der Waals surface area contributed by atoms with Crippen molar-refractivity contribution in [3.63, 3.8) is 0 Å². The summed E-state index contributed by atoms with van der Waals surface area (Å²) in [6, 6.07) is 54.5. The molecular weight excluding hydrogens is 534 g/mol. The van der Waals surface area contributed by atoms with Crippen LogP contribution in [0.15, 0.2) is 156 Å². The molecule has 0 aliphatic heterocycles. The molecule has 2 heteroatoms. The number of fused-ring (bicyclic) bond motifs is 13. The molecule has 6 aromatic carbocycles. The molecule has 0 saturated heterocycles. The van der Waals surface area contributed by atoms with Crippen LogP contribution in [0.5, 0.6) is 0 Å². The van der Waals surface area contributed by atoms with Crippen LogP contribution in [-0.2, 0) is 5.41 Å². The molecule has 2 aliphatic rings. The van der Waals surface area contributed by atoms with E-state index in [1.54, 1.807) is 0 Å². The summed E-state index contributed by atoms with van der Waals surface area (Å²) >= 11 is 0. The molecule has 0 fully saturated rings. The van der Waals surface area contributed by atoms with E-state index in [0.717, 1.165) is 38.9 Å². The smallest absolute Gasteiger partial charge is 0.140 e. The van der Waals surface area contributed by atoms with Gasteiger partial charge in [0.25, 0.3) is 0 Å². The number of benzene rings is 6. The topological polar surface area (TPSA) is 26.0 Å². The Morgan fingerprint density at radius 2 is 1.11 bits per heavy atom. The third-order valence-electron chi connectivity index (χ3n) is 9.68. The monoisotopic (exact) mass is 559 g/mol. The summed E-state index contributed by atoms with van der Waals surface area (Å²) in [5.41, 5.74) is 14.8. The highest BCUT2D eigenvalue weighted by atomic mass is 16.3. The van der Waals surface area contributed by atoms with Gasteiger partial charge in [-0.15, -0.1) is 0 Å². The number of pyridine rings is 1. The summed E-state index contributed by atoms with van der Waals surface area (Å²) in [6.45, 7) is 0. The van der Waals surface area contributed by atoms with Crippen molar-refractivity contribution in [2.45, 2.75) is 5.41 Å². The SMILES string of the molecule is c1ccc(-c2ccc3nc(-c4ccc5oc6c(c5c4)C4(c5ccccc5-c5ccccc54)c4ccccc4-6)ccc3c2)cc1. The lowest BCUT2D eigenvalue weighted by Gasteiger charge is -2.29. The van der Waals surface area contributed by atoms with Crippen molar-refractivity contribution in [3.8, 4) is 44.8 Å². The van der Waals surface area contributed by atoms with Crippen molar-refractivity contribution in [3.05, 3.63) is 174 Å². The minimum absolute atomic E-state index is 0.437. The molecule has 0 N–H and O–H groups in total. The first-order valence-corrected chi connectivity index (χ1v) is 15.1. The fraction of sp³-hybridized carbons (Fsp3) is 0.0238. The number of aromatic nitrogens is 1. The van der Waals surface area contributed by atoms with E-state index >= 15 is 0 Å². The highest BCUT2D eigenvalue weighted by Crippen LogP contribution is 2.64. The zero-order valence-corrected chi connectivity index (χ0v) is 23.8. The molecule has 44 heavy (non-hydrogen) atoms. The van der Waals surface area contributed by atoms with Gasteiger partial charge in [0.1, 0.15) is 11.3 Å². The standard InChI is InChI=1S/C42H25NO/c1-2-10-26(11-3-1)27-18-21-37-28(24-27)19-22-38(43-37)29-20-23-39-33(25-29)40-41(44-39)32-14-6-9-17-36(32)42(40)34-15-7-4-12-30(34)31-13-5-8-16-35(31)42/h1-25H. The molecular formula is C42H25NO. The van der Waals surface area contributed by atoms with Crippen LogP contribution in [0, 0.1) is 0 Å². The zero-order chi connectivity index (χ0) is 28.8. The number of hydrogen-bond acceptors (Lipinski definition) is 2. The van der Waals surface area contributed by atoms with Gasteiger partial charge < -0.3 is 4.42 Å². The van der Waals surface area contributed by atoms with Crippen molar-refractivity contribution in [1.29, 1.82) is 0 Å². The third kappa shape index (κ3) is 3.02. The molecule has 2 heterocycles. The maximum absolute atomic E-state index is 6.75. The van der Waals surface area contributed by atoms with E-state index in [1.165, 1.54) is 50.1 Å². The summed E-state index contributed by atoms with van der Waals surface area (Å²) in [7, 11) is 0. The van der Waals surface area contributed by atoms with Crippen LogP contribution in [-0.4, -0.2) is 4.98 Å². The summed E-state index contributed by atoms with van der Waals surface area (Å²) in [5.74, 6) is 0.971. The van der Waals surface area contributed by atoms with E-state index in [9.17, 15) is 0 Å². The number of furan rings is 1. The van der Waals surface area contributed by atoms with Gasteiger partial charge in [0.15, 0.2) is 0 Å². The fourth-order valence-corrected chi connectivity index (χ4v) is 7.85. The lowest BCUT2D eigenvalue weighted by molar-refractivity contribution is 0.628. The Kier molecular flexibility index (Phi) is 4.68. The van der Waals surface area contributed by atoms with Crippen LogP contribution in [0.25, 0.3) is 66.7 Å². The summed E-state index contributed by atoms with van der Waals surface area (Å²) < 4.78 is 6.75. The van der Waals surface area contributed by atoms with Gasteiger partial charge in [-0.2, -0.15) is 0 Å². The average Bonchev–Trinajstić information content (AvgIpc) is 3.71. The van der Waals surface area contributed by atoms with Gasteiger partial charge >= 0.3 is 0 Å². The van der Waals surface area contributed by atoms with Gasteiger partial charge in [-0.05, 0) is 75.3 Å². The van der Waals surface area contributed by atoms with Gasteiger partial charge in [0.2, 0.25) is 0 Å². The Hall–Kier alpha value is -5.73. The molecule has 1 spiro atoms. The van der Waals surface area contributed by atoms with Crippen molar-refractivity contribution >= 4 is 21.9 Å². The molecule has 2 nitrogen and oxygen atoms in total. The number of hydrogen-bond donors (Lipinski definition) is 0. The van der Waals surface area contributed by atoms with Gasteiger partial charge in [-0.3, -0.25) is 0 Å². The quantitative estimate of drug-likeness (QED) is 0.211. The molecule has 0 atom stereocenters. The maximum atomic E-state index is 6.75. The Morgan fingerprint density at radius 1 is 0.477 bits per heavy atom. The van der Waals surface area contributed by atoms with Crippen LogP contribution in [0.2, 0.25) is 0 Å². The molecule has 0 unspecified atom stereocenters. The molecule has 0 bridgehead atoms. The van der Waals surface area contributed by atoms with E-state index in [1.807, 2.05) is 0 Å². The Bertz CT molecular complexity index is 2400. The highest BCUT2D eigenvalue weighted by Gasteiger charge is 2.54. The number of rotatable bonds is 2. The van der Waals surface area contributed by atoms with Gasteiger partial charge in [0, 0.05) is 27.5 Å². The highest BCUT2D eigenvalue weighted by molar-refractivity contribution is 6.03. The number of nitrogens with zero attached hydrogens (tertiary/aromatic N) is 1. The fourth-order valence-electron chi connectivity index (χ4n) is 7.85. The van der Waals surface area contributed by atoms with Crippen LogP contribution in [0.3, 0.4) is 0 Å². The van der Waals surface area contributed by atoms with Crippen molar-refractivity contribution in [1.82, 2.24) is 4.98 Å². The first kappa shape index (κ1) is 23.8. The third-order valence-corrected chi connectivity index (χ3v) is 9.68.